The summed E-state index contributed by atoms with van der Waals surface area (Å²) in [5.74, 6) is -3.20. The number of ether oxygens (including phenoxy) is 1. The topological polar surface area (TPSA) is 105 Å². The summed E-state index contributed by atoms with van der Waals surface area (Å²) in [6, 6.07) is 2.34. The molecule has 0 fully saturated rings. The quantitative estimate of drug-likeness (QED) is 0.778. The lowest BCUT2D eigenvalue weighted by molar-refractivity contribution is -0.123. The zero-order chi connectivity index (χ0) is 15.7. The lowest BCUT2D eigenvalue weighted by Crippen LogP contribution is -2.37. The standard InChI is InChI=1S/C13H12FN3O4/c1-17-12(11(15)19)16-8(13(17)20)4-6-3-7(14)10(18)9(5-6)21-2/h3-5,18H,1-2H3,(H2,15,19)/b8-4+. The van der Waals surface area contributed by atoms with Crippen LogP contribution >= 0.6 is 0 Å². The Labute approximate surface area is 119 Å². The summed E-state index contributed by atoms with van der Waals surface area (Å²) in [7, 11) is 2.62. The SMILES string of the molecule is COc1cc(/C=C2/N=C(C(N)=O)N(C)C2=O)cc(F)c1O. The van der Waals surface area contributed by atoms with Crippen LogP contribution in [0, 0.1) is 5.82 Å². The van der Waals surface area contributed by atoms with Gasteiger partial charge in [0.15, 0.2) is 17.3 Å². The van der Waals surface area contributed by atoms with Crippen molar-refractivity contribution in [1.29, 1.82) is 0 Å². The molecule has 0 aromatic heterocycles. The fourth-order valence-electron chi connectivity index (χ4n) is 1.81. The molecule has 0 saturated heterocycles. The van der Waals surface area contributed by atoms with Crippen LogP contribution in [0.4, 0.5) is 4.39 Å². The van der Waals surface area contributed by atoms with Crippen LogP contribution in [-0.4, -0.2) is 41.8 Å². The van der Waals surface area contributed by atoms with E-state index in [9.17, 15) is 19.1 Å². The van der Waals surface area contributed by atoms with Crippen molar-refractivity contribution in [1.82, 2.24) is 4.90 Å². The van der Waals surface area contributed by atoms with Gasteiger partial charge in [-0.15, -0.1) is 0 Å². The maximum absolute atomic E-state index is 13.5. The Bertz CT molecular complexity index is 697. The number of phenols is 1. The number of carbonyl (C=O) groups is 2. The van der Waals surface area contributed by atoms with Gasteiger partial charge < -0.3 is 15.6 Å². The van der Waals surface area contributed by atoms with E-state index in [4.69, 9.17) is 10.5 Å². The van der Waals surface area contributed by atoms with Gasteiger partial charge in [-0.3, -0.25) is 14.5 Å². The Morgan fingerprint density at radius 2 is 2.19 bits per heavy atom. The van der Waals surface area contributed by atoms with Gasteiger partial charge in [0.25, 0.3) is 11.8 Å². The molecule has 2 amide bonds. The van der Waals surface area contributed by atoms with Crippen LogP contribution in [0.2, 0.25) is 0 Å². The Morgan fingerprint density at radius 3 is 2.71 bits per heavy atom. The van der Waals surface area contributed by atoms with Crippen molar-refractivity contribution >= 4 is 23.7 Å². The molecule has 2 rings (SSSR count). The zero-order valence-electron chi connectivity index (χ0n) is 11.3. The maximum atomic E-state index is 13.5. The zero-order valence-corrected chi connectivity index (χ0v) is 11.3. The first kappa shape index (κ1) is 14.5. The number of nitrogens with zero attached hydrogens (tertiary/aromatic N) is 2. The average molecular weight is 293 g/mol. The van der Waals surface area contributed by atoms with Gasteiger partial charge in [0.1, 0.15) is 5.70 Å². The van der Waals surface area contributed by atoms with E-state index < -0.39 is 23.4 Å². The highest BCUT2D eigenvalue weighted by Crippen LogP contribution is 2.31. The summed E-state index contributed by atoms with van der Waals surface area (Å²) >= 11 is 0. The van der Waals surface area contributed by atoms with E-state index in [1.807, 2.05) is 0 Å². The maximum Gasteiger partial charge on any atom is 0.284 e. The monoisotopic (exact) mass is 293 g/mol. The van der Waals surface area contributed by atoms with Gasteiger partial charge >= 0.3 is 0 Å². The van der Waals surface area contributed by atoms with Crippen LogP contribution in [0.5, 0.6) is 11.5 Å². The van der Waals surface area contributed by atoms with Crippen molar-refractivity contribution < 1.29 is 23.8 Å². The smallest absolute Gasteiger partial charge is 0.284 e. The molecule has 1 aromatic carbocycles. The predicted molar refractivity (Wildman–Crippen MR) is 72.0 cm³/mol. The number of nitrogens with two attached hydrogens (primary N) is 1. The number of carbonyl (C=O) groups excluding carboxylic acids is 2. The molecule has 0 saturated carbocycles. The van der Waals surface area contributed by atoms with E-state index in [1.54, 1.807) is 0 Å². The van der Waals surface area contributed by atoms with Crippen LogP contribution in [0.15, 0.2) is 22.8 Å². The minimum Gasteiger partial charge on any atom is -0.502 e. The number of amides is 2. The molecule has 1 aliphatic rings. The molecule has 0 unspecified atom stereocenters. The minimum atomic E-state index is -0.904. The van der Waals surface area contributed by atoms with E-state index >= 15 is 0 Å². The molecule has 1 aliphatic heterocycles. The minimum absolute atomic E-state index is 0.0709. The van der Waals surface area contributed by atoms with Gasteiger partial charge in [0.05, 0.1) is 7.11 Å². The summed E-state index contributed by atoms with van der Waals surface area (Å²) in [6.45, 7) is 0. The average Bonchev–Trinajstić information content (AvgIpc) is 2.71. The first-order valence-corrected chi connectivity index (χ1v) is 5.80. The summed E-state index contributed by atoms with van der Waals surface area (Å²) in [5, 5.41) is 9.41. The highest BCUT2D eigenvalue weighted by atomic mass is 19.1. The highest BCUT2D eigenvalue weighted by molar-refractivity contribution is 6.43. The van der Waals surface area contributed by atoms with Gasteiger partial charge in [0.2, 0.25) is 5.84 Å². The molecule has 21 heavy (non-hydrogen) atoms. The molecular formula is C13H12FN3O4. The van der Waals surface area contributed by atoms with E-state index in [1.165, 1.54) is 26.3 Å². The lowest BCUT2D eigenvalue weighted by atomic mass is 10.1. The molecule has 0 bridgehead atoms. The first-order valence-electron chi connectivity index (χ1n) is 5.80. The van der Waals surface area contributed by atoms with Crippen molar-refractivity contribution in [2.24, 2.45) is 10.7 Å². The molecule has 3 N–H and O–H groups in total. The number of primary amides is 1. The third-order valence-electron chi connectivity index (χ3n) is 2.86. The second-order valence-corrected chi connectivity index (χ2v) is 4.25. The van der Waals surface area contributed by atoms with Crippen molar-refractivity contribution in [2.45, 2.75) is 0 Å². The van der Waals surface area contributed by atoms with Crippen molar-refractivity contribution in [3.05, 3.63) is 29.2 Å². The number of hydrogen-bond donors (Lipinski definition) is 2. The second-order valence-electron chi connectivity index (χ2n) is 4.25. The van der Waals surface area contributed by atoms with Crippen LogP contribution in [0.3, 0.4) is 0 Å². The number of likely N-dealkylation sites (N-methyl/N-ethyl adjacent to an activating group) is 1. The third-order valence-corrected chi connectivity index (χ3v) is 2.86. The van der Waals surface area contributed by atoms with Crippen LogP contribution in [0.1, 0.15) is 5.56 Å². The Balaban J connectivity index is 2.47. The number of aromatic hydroxyl groups is 1. The van der Waals surface area contributed by atoms with Crippen LogP contribution in [0.25, 0.3) is 6.08 Å². The first-order chi connectivity index (χ1) is 9.85. The molecule has 8 heteroatoms. The number of halogens is 1. The number of amidine groups is 1. The molecule has 1 aromatic rings. The summed E-state index contributed by atoms with van der Waals surface area (Å²) in [6.07, 6.45) is 1.26. The molecule has 7 nitrogen and oxygen atoms in total. The van der Waals surface area contributed by atoms with E-state index in [0.717, 1.165) is 11.0 Å². The molecule has 0 atom stereocenters. The highest BCUT2D eigenvalue weighted by Gasteiger charge is 2.30. The number of benzene rings is 1. The van der Waals surface area contributed by atoms with E-state index in [-0.39, 0.29) is 22.8 Å². The Kier molecular flexibility index (Phi) is 3.62. The molecule has 0 aliphatic carbocycles. The number of phenolic OH excluding ortho intramolecular Hbond substituents is 1. The predicted octanol–water partition coefficient (Wildman–Crippen LogP) is 0.237. The molecule has 110 valence electrons. The second kappa shape index (κ2) is 5.23. The summed E-state index contributed by atoms with van der Waals surface area (Å²) in [5.41, 5.74) is 5.26. The Hall–Kier alpha value is -2.90. The van der Waals surface area contributed by atoms with Gasteiger partial charge in [-0.25, -0.2) is 9.38 Å². The number of methoxy groups -OCH3 is 1. The fourth-order valence-corrected chi connectivity index (χ4v) is 1.81. The Morgan fingerprint density at radius 1 is 1.52 bits per heavy atom. The van der Waals surface area contributed by atoms with Gasteiger partial charge in [0, 0.05) is 7.05 Å². The number of aliphatic imine (C=N–C) groups is 1. The van der Waals surface area contributed by atoms with Crippen molar-refractivity contribution in [3.8, 4) is 11.5 Å². The molecule has 0 spiro atoms. The summed E-state index contributed by atoms with van der Waals surface area (Å²) < 4.78 is 18.3. The van der Waals surface area contributed by atoms with E-state index in [2.05, 4.69) is 4.99 Å². The lowest BCUT2D eigenvalue weighted by Gasteiger charge is -2.07. The van der Waals surface area contributed by atoms with Crippen LogP contribution < -0.4 is 10.5 Å². The number of rotatable bonds is 3. The molecule has 0 radical (unpaired) electrons. The van der Waals surface area contributed by atoms with Crippen LogP contribution in [-0.2, 0) is 9.59 Å². The van der Waals surface area contributed by atoms with Crippen molar-refractivity contribution in [2.75, 3.05) is 14.2 Å². The molecule has 1 heterocycles. The van der Waals surface area contributed by atoms with E-state index in [0.29, 0.717) is 0 Å². The largest absolute Gasteiger partial charge is 0.502 e. The normalized spacial score (nSPS) is 16.3. The third kappa shape index (κ3) is 2.55. The summed E-state index contributed by atoms with van der Waals surface area (Å²) in [4.78, 5) is 27.8. The van der Waals surface area contributed by atoms with Gasteiger partial charge in [-0.1, -0.05) is 0 Å². The number of hydrogen-bond acceptors (Lipinski definition) is 5. The molecular weight excluding hydrogens is 281 g/mol. The fraction of sp³-hybridized carbons (Fsp3) is 0.154. The van der Waals surface area contributed by atoms with Crippen molar-refractivity contribution in [3.63, 3.8) is 0 Å². The van der Waals surface area contributed by atoms with Gasteiger partial charge in [-0.2, -0.15) is 0 Å². The van der Waals surface area contributed by atoms with Gasteiger partial charge in [-0.05, 0) is 23.8 Å².